The first-order valence-corrected chi connectivity index (χ1v) is 22.6. The predicted octanol–water partition coefficient (Wildman–Crippen LogP) is 17.4. The zero-order valence-corrected chi connectivity index (χ0v) is 35.7. The number of hydrogen-bond acceptors (Lipinski definition) is 3. The van der Waals surface area contributed by atoms with E-state index in [1.165, 1.54) is 64.2 Å². The molecule has 0 amide bonds. The van der Waals surface area contributed by atoms with E-state index in [1.54, 1.807) is 0 Å². The first-order valence-electron chi connectivity index (χ1n) is 21.8. The SMILES string of the molecule is c1ccc(-c2ccc(N(c3ccccc3)c3ccc(-c4ccc(-n5c6ccc(N(c7ccccc7)c7ccccc7)cc6c6c7sc8ccccc8c7ccc65)cc4)cc3)cc2)cc1. The van der Waals surface area contributed by atoms with Crippen LogP contribution in [0.25, 0.3) is 69.9 Å². The molecule has 2 heterocycles. The monoisotopic (exact) mass is 835 g/mol. The van der Waals surface area contributed by atoms with E-state index in [-0.39, 0.29) is 0 Å². The largest absolute Gasteiger partial charge is 0.311 e. The van der Waals surface area contributed by atoms with Crippen molar-refractivity contribution in [3.63, 3.8) is 0 Å². The van der Waals surface area contributed by atoms with Crippen molar-refractivity contribution < 1.29 is 0 Å². The fraction of sp³-hybridized carbons (Fsp3) is 0. The zero-order valence-electron chi connectivity index (χ0n) is 34.9. The molecule has 0 fully saturated rings. The molecule has 64 heavy (non-hydrogen) atoms. The molecule has 302 valence electrons. The highest BCUT2D eigenvalue weighted by Crippen LogP contribution is 2.46. The standard InChI is InChI=1S/C60H41N3S/c1-5-15-42(16-6-1)43-25-31-49(32-26-43)61(46-17-7-2-8-18-46)50-33-27-44(28-34-50)45-29-35-51(36-30-45)63-56-39-37-52(62(47-19-9-3-10-20-47)48-21-11-4-12-22-48)41-55(56)59-57(63)40-38-54-53-23-13-14-24-58(53)64-60(54)59/h1-41H. The van der Waals surface area contributed by atoms with Crippen molar-refractivity contribution >= 4 is 87.4 Å². The normalized spacial score (nSPS) is 11.4. The van der Waals surface area contributed by atoms with E-state index in [9.17, 15) is 0 Å². The third-order valence-corrected chi connectivity index (χ3v) is 13.6. The summed E-state index contributed by atoms with van der Waals surface area (Å²) in [6, 6.07) is 89.8. The number of fused-ring (bicyclic) bond motifs is 7. The third-order valence-electron chi connectivity index (χ3n) is 12.4. The zero-order chi connectivity index (χ0) is 42.4. The summed E-state index contributed by atoms with van der Waals surface area (Å²) in [7, 11) is 0. The minimum Gasteiger partial charge on any atom is -0.311 e. The Balaban J connectivity index is 0.941. The summed E-state index contributed by atoms with van der Waals surface area (Å²) in [5.74, 6) is 0. The number of nitrogens with zero attached hydrogens (tertiary/aromatic N) is 3. The van der Waals surface area contributed by atoms with Gasteiger partial charge >= 0.3 is 0 Å². The van der Waals surface area contributed by atoms with Crippen molar-refractivity contribution in [3.8, 4) is 27.9 Å². The number of anilines is 6. The Morgan fingerprint density at radius 1 is 0.297 bits per heavy atom. The van der Waals surface area contributed by atoms with Gasteiger partial charge in [0, 0.05) is 70.8 Å². The van der Waals surface area contributed by atoms with E-state index in [0.29, 0.717) is 0 Å². The second-order valence-corrected chi connectivity index (χ2v) is 17.2. The van der Waals surface area contributed by atoms with Gasteiger partial charge < -0.3 is 14.4 Å². The lowest BCUT2D eigenvalue weighted by molar-refractivity contribution is 1.18. The summed E-state index contributed by atoms with van der Waals surface area (Å²) in [6.45, 7) is 0. The smallest absolute Gasteiger partial charge is 0.0555 e. The van der Waals surface area contributed by atoms with Crippen molar-refractivity contribution in [3.05, 3.63) is 249 Å². The van der Waals surface area contributed by atoms with E-state index in [1.807, 2.05) is 11.3 Å². The summed E-state index contributed by atoms with van der Waals surface area (Å²) >= 11 is 1.89. The molecule has 0 saturated carbocycles. The number of hydrogen-bond donors (Lipinski definition) is 0. The van der Waals surface area contributed by atoms with Crippen LogP contribution in [0, 0.1) is 0 Å². The van der Waals surface area contributed by atoms with Gasteiger partial charge in [0.05, 0.1) is 11.0 Å². The van der Waals surface area contributed by atoms with Crippen LogP contribution in [0.3, 0.4) is 0 Å². The molecule has 0 bridgehead atoms. The highest BCUT2D eigenvalue weighted by atomic mass is 32.1. The number of rotatable bonds is 9. The average molecular weight is 836 g/mol. The summed E-state index contributed by atoms with van der Waals surface area (Å²) < 4.78 is 5.07. The van der Waals surface area contributed by atoms with Crippen LogP contribution in [0.5, 0.6) is 0 Å². The van der Waals surface area contributed by atoms with E-state index >= 15 is 0 Å². The molecule has 10 aromatic carbocycles. The molecule has 4 heteroatoms. The Bertz CT molecular complexity index is 3520. The van der Waals surface area contributed by atoms with E-state index in [2.05, 4.69) is 263 Å². The number of aromatic nitrogens is 1. The summed E-state index contributed by atoms with van der Waals surface area (Å²) in [6.07, 6.45) is 0. The van der Waals surface area contributed by atoms with Gasteiger partial charge in [-0.1, -0.05) is 146 Å². The van der Waals surface area contributed by atoms with Gasteiger partial charge in [-0.15, -0.1) is 11.3 Å². The maximum atomic E-state index is 2.45. The maximum absolute atomic E-state index is 2.45. The molecular formula is C60H41N3S. The number of thiophene rings is 1. The maximum Gasteiger partial charge on any atom is 0.0555 e. The lowest BCUT2D eigenvalue weighted by Gasteiger charge is -2.26. The molecule has 0 N–H and O–H groups in total. The van der Waals surface area contributed by atoms with Crippen molar-refractivity contribution in [2.45, 2.75) is 0 Å². The van der Waals surface area contributed by atoms with E-state index in [4.69, 9.17) is 0 Å². The average Bonchev–Trinajstić information content (AvgIpc) is 3.92. The van der Waals surface area contributed by atoms with E-state index in [0.717, 1.165) is 39.8 Å². The van der Waals surface area contributed by atoms with Crippen molar-refractivity contribution in [1.82, 2.24) is 4.57 Å². The lowest BCUT2D eigenvalue weighted by atomic mass is 10.0. The van der Waals surface area contributed by atoms with Gasteiger partial charge in [-0.2, -0.15) is 0 Å². The second kappa shape index (κ2) is 15.9. The van der Waals surface area contributed by atoms with Crippen LogP contribution in [-0.2, 0) is 0 Å². The first kappa shape index (κ1) is 37.6. The van der Waals surface area contributed by atoms with Crippen molar-refractivity contribution in [2.24, 2.45) is 0 Å². The van der Waals surface area contributed by atoms with Gasteiger partial charge in [0.2, 0.25) is 0 Å². The fourth-order valence-corrected chi connectivity index (χ4v) is 10.6. The summed E-state index contributed by atoms with van der Waals surface area (Å²) in [4.78, 5) is 4.68. The Morgan fingerprint density at radius 3 is 1.28 bits per heavy atom. The highest BCUT2D eigenvalue weighted by molar-refractivity contribution is 7.26. The van der Waals surface area contributed by atoms with E-state index < -0.39 is 0 Å². The summed E-state index contributed by atoms with van der Waals surface area (Å²) in [5.41, 5.74) is 15.0. The molecule has 0 aliphatic rings. The van der Waals surface area contributed by atoms with Gasteiger partial charge in [-0.25, -0.2) is 0 Å². The minimum atomic E-state index is 1.11. The number of benzene rings is 10. The lowest BCUT2D eigenvalue weighted by Crippen LogP contribution is -2.09. The van der Waals surface area contributed by atoms with Crippen LogP contribution in [-0.4, -0.2) is 4.57 Å². The topological polar surface area (TPSA) is 11.4 Å². The third kappa shape index (κ3) is 6.60. The van der Waals surface area contributed by atoms with Crippen LogP contribution >= 0.6 is 11.3 Å². The van der Waals surface area contributed by atoms with Gasteiger partial charge in [0.1, 0.15) is 0 Å². The van der Waals surface area contributed by atoms with Crippen LogP contribution in [0.15, 0.2) is 249 Å². The van der Waals surface area contributed by atoms with Crippen LogP contribution in [0.4, 0.5) is 34.1 Å². The Hall–Kier alpha value is -8.18. The molecule has 12 aromatic rings. The molecule has 0 atom stereocenters. The number of para-hydroxylation sites is 3. The Labute approximate surface area is 376 Å². The second-order valence-electron chi connectivity index (χ2n) is 16.2. The molecule has 12 rings (SSSR count). The minimum absolute atomic E-state index is 1.11. The molecular weight excluding hydrogens is 795 g/mol. The van der Waals surface area contributed by atoms with Gasteiger partial charge in [0.25, 0.3) is 0 Å². The quantitative estimate of drug-likeness (QED) is 0.143. The van der Waals surface area contributed by atoms with Crippen molar-refractivity contribution in [2.75, 3.05) is 9.80 Å². The Morgan fingerprint density at radius 2 is 0.719 bits per heavy atom. The molecule has 0 unspecified atom stereocenters. The molecule has 0 aliphatic heterocycles. The molecule has 0 spiro atoms. The molecule has 0 saturated heterocycles. The molecule has 3 nitrogen and oxygen atoms in total. The van der Waals surface area contributed by atoms with Crippen LogP contribution in [0.2, 0.25) is 0 Å². The van der Waals surface area contributed by atoms with Crippen LogP contribution < -0.4 is 9.80 Å². The molecule has 2 aromatic heterocycles. The fourth-order valence-electron chi connectivity index (χ4n) is 9.36. The van der Waals surface area contributed by atoms with Crippen molar-refractivity contribution in [1.29, 1.82) is 0 Å². The summed E-state index contributed by atoms with van der Waals surface area (Å²) in [5, 5.41) is 5.13. The first-order chi connectivity index (χ1) is 31.7. The highest BCUT2D eigenvalue weighted by Gasteiger charge is 2.21. The predicted molar refractivity (Wildman–Crippen MR) is 274 cm³/mol. The van der Waals surface area contributed by atoms with Crippen LogP contribution in [0.1, 0.15) is 0 Å². The van der Waals surface area contributed by atoms with Gasteiger partial charge in [-0.05, 0) is 125 Å². The Kier molecular flexibility index (Phi) is 9.36. The van der Waals surface area contributed by atoms with Gasteiger partial charge in [0.15, 0.2) is 0 Å². The van der Waals surface area contributed by atoms with Gasteiger partial charge in [-0.3, -0.25) is 0 Å². The molecule has 0 aliphatic carbocycles. The molecule has 0 radical (unpaired) electrons.